The highest BCUT2D eigenvalue weighted by atomic mass is 32.2. The molecule has 18 heavy (non-hydrogen) atoms. The molecule has 0 fully saturated rings. The summed E-state index contributed by atoms with van der Waals surface area (Å²) in [6, 6.07) is 3.31. The number of benzene rings is 1. The van der Waals surface area contributed by atoms with Gasteiger partial charge in [0, 0.05) is 0 Å². The Morgan fingerprint density at radius 1 is 1.39 bits per heavy atom. The van der Waals surface area contributed by atoms with E-state index in [1.165, 1.54) is 13.2 Å². The number of hydrogen-bond acceptors (Lipinski definition) is 4. The second kappa shape index (κ2) is 4.72. The van der Waals surface area contributed by atoms with Crippen molar-refractivity contribution >= 4 is 15.8 Å². The molecule has 0 unspecified atom stereocenters. The van der Waals surface area contributed by atoms with Crippen LogP contribution in [0.4, 0.5) is 0 Å². The molecule has 1 aliphatic heterocycles. The van der Waals surface area contributed by atoms with Crippen molar-refractivity contribution in [3.05, 3.63) is 28.8 Å². The fraction of sp³-hybridized carbons (Fsp3) is 0.462. The van der Waals surface area contributed by atoms with Gasteiger partial charge in [0.1, 0.15) is 0 Å². The van der Waals surface area contributed by atoms with Gasteiger partial charge in [0.05, 0.1) is 23.3 Å². The number of methoxy groups -OCH3 is 1. The number of rotatable bonds is 2. The Hall–Kier alpha value is -1.36. The van der Waals surface area contributed by atoms with E-state index in [0.717, 1.165) is 17.5 Å². The lowest BCUT2D eigenvalue weighted by Gasteiger charge is -2.19. The fourth-order valence-corrected chi connectivity index (χ4v) is 3.92. The highest BCUT2D eigenvalue weighted by Crippen LogP contribution is 2.28. The van der Waals surface area contributed by atoms with E-state index in [2.05, 4.69) is 0 Å². The molecule has 98 valence electrons. The molecule has 0 spiro atoms. The zero-order valence-corrected chi connectivity index (χ0v) is 11.3. The molecule has 0 saturated carbocycles. The van der Waals surface area contributed by atoms with Crippen molar-refractivity contribution in [1.29, 1.82) is 0 Å². The molecule has 0 atom stereocenters. The minimum atomic E-state index is -3.24. The van der Waals surface area contributed by atoms with Crippen LogP contribution in [0, 0.1) is 0 Å². The van der Waals surface area contributed by atoms with Gasteiger partial charge in [-0.2, -0.15) is 0 Å². The fourth-order valence-electron chi connectivity index (χ4n) is 2.32. The van der Waals surface area contributed by atoms with E-state index in [1.807, 2.05) is 13.0 Å². The monoisotopic (exact) mass is 268 g/mol. The molecule has 0 aliphatic carbocycles. The summed E-state index contributed by atoms with van der Waals surface area (Å²) in [7, 11) is -1.94. The molecule has 0 aromatic heterocycles. The predicted molar refractivity (Wildman–Crippen MR) is 67.5 cm³/mol. The van der Waals surface area contributed by atoms with Crippen molar-refractivity contribution in [2.75, 3.05) is 12.9 Å². The molecule has 0 bridgehead atoms. The zero-order chi connectivity index (χ0) is 13.3. The van der Waals surface area contributed by atoms with E-state index in [-0.39, 0.29) is 5.75 Å². The number of ether oxygens (including phenoxy) is 1. The summed E-state index contributed by atoms with van der Waals surface area (Å²) in [5.41, 5.74) is 2.03. The van der Waals surface area contributed by atoms with E-state index in [1.54, 1.807) is 0 Å². The number of carbonyl (C=O) groups is 1. The van der Waals surface area contributed by atoms with Gasteiger partial charge in [-0.3, -0.25) is 0 Å². The first-order valence-corrected chi connectivity index (χ1v) is 7.61. The van der Waals surface area contributed by atoms with Crippen LogP contribution >= 0.6 is 0 Å². The van der Waals surface area contributed by atoms with E-state index < -0.39 is 15.8 Å². The third kappa shape index (κ3) is 2.14. The van der Waals surface area contributed by atoms with Crippen LogP contribution < -0.4 is 0 Å². The van der Waals surface area contributed by atoms with Gasteiger partial charge >= 0.3 is 5.97 Å². The van der Waals surface area contributed by atoms with Gasteiger partial charge in [-0.05, 0) is 36.5 Å². The van der Waals surface area contributed by atoms with Gasteiger partial charge in [-0.25, -0.2) is 13.2 Å². The maximum absolute atomic E-state index is 12.0. The van der Waals surface area contributed by atoms with Crippen LogP contribution in [0.5, 0.6) is 0 Å². The molecular weight excluding hydrogens is 252 g/mol. The maximum Gasteiger partial charge on any atom is 0.338 e. The van der Waals surface area contributed by atoms with Gasteiger partial charge in [0.15, 0.2) is 9.84 Å². The number of sulfone groups is 1. The van der Waals surface area contributed by atoms with Gasteiger partial charge in [0.25, 0.3) is 0 Å². The number of esters is 1. The predicted octanol–water partition coefficient (Wildman–Crippen LogP) is 1.76. The first kappa shape index (κ1) is 13.1. The van der Waals surface area contributed by atoms with Gasteiger partial charge in [0.2, 0.25) is 0 Å². The SMILES string of the molecule is CCc1cc2c(cc1C(=O)OC)S(=O)(=O)CCC2. The second-order valence-corrected chi connectivity index (χ2v) is 6.46. The Kier molecular flexibility index (Phi) is 3.43. The summed E-state index contributed by atoms with van der Waals surface area (Å²) in [5.74, 6) is -0.318. The molecule has 0 amide bonds. The summed E-state index contributed by atoms with van der Waals surface area (Å²) in [6.45, 7) is 1.94. The van der Waals surface area contributed by atoms with Crippen LogP contribution in [0.2, 0.25) is 0 Å². The van der Waals surface area contributed by atoms with Crippen LogP contribution in [0.25, 0.3) is 0 Å². The summed E-state index contributed by atoms with van der Waals surface area (Å²) in [4.78, 5) is 12.0. The van der Waals surface area contributed by atoms with Gasteiger partial charge < -0.3 is 4.74 Å². The normalized spacial score (nSPS) is 17.0. The summed E-state index contributed by atoms with van der Waals surface area (Å²) >= 11 is 0. The smallest absolute Gasteiger partial charge is 0.338 e. The summed E-state index contributed by atoms with van der Waals surface area (Å²) in [6.07, 6.45) is 2.08. The molecule has 1 heterocycles. The molecule has 0 radical (unpaired) electrons. The first-order valence-electron chi connectivity index (χ1n) is 5.96. The Morgan fingerprint density at radius 2 is 2.11 bits per heavy atom. The topological polar surface area (TPSA) is 60.4 Å². The zero-order valence-electron chi connectivity index (χ0n) is 10.5. The lowest BCUT2D eigenvalue weighted by atomic mass is 9.99. The van der Waals surface area contributed by atoms with Crippen LogP contribution in [0.15, 0.2) is 17.0 Å². The number of fused-ring (bicyclic) bond motifs is 1. The van der Waals surface area contributed by atoms with Crippen molar-refractivity contribution in [3.8, 4) is 0 Å². The molecule has 1 aromatic carbocycles. The Morgan fingerprint density at radius 3 is 2.72 bits per heavy atom. The number of carbonyl (C=O) groups excluding carboxylic acids is 1. The maximum atomic E-state index is 12.0. The molecule has 4 nitrogen and oxygen atoms in total. The molecule has 5 heteroatoms. The van der Waals surface area contributed by atoms with E-state index in [0.29, 0.717) is 23.3 Å². The van der Waals surface area contributed by atoms with Crippen LogP contribution in [0.1, 0.15) is 34.8 Å². The van der Waals surface area contributed by atoms with Gasteiger partial charge in [-0.15, -0.1) is 0 Å². The summed E-state index contributed by atoms with van der Waals surface area (Å²) in [5, 5.41) is 0. The van der Waals surface area contributed by atoms with E-state index in [9.17, 15) is 13.2 Å². The Balaban J connectivity index is 2.67. The molecule has 0 N–H and O–H groups in total. The highest BCUT2D eigenvalue weighted by Gasteiger charge is 2.26. The van der Waals surface area contributed by atoms with E-state index >= 15 is 0 Å². The van der Waals surface area contributed by atoms with Crippen LogP contribution in [-0.2, 0) is 27.4 Å². The summed E-state index contributed by atoms with van der Waals surface area (Å²) < 4.78 is 28.7. The average molecular weight is 268 g/mol. The highest BCUT2D eigenvalue weighted by molar-refractivity contribution is 7.91. The molecule has 1 aromatic rings. The van der Waals surface area contributed by atoms with Crippen LogP contribution in [-0.4, -0.2) is 27.2 Å². The van der Waals surface area contributed by atoms with Crippen molar-refractivity contribution in [3.63, 3.8) is 0 Å². The largest absolute Gasteiger partial charge is 0.465 e. The minimum Gasteiger partial charge on any atom is -0.465 e. The standard InChI is InChI=1S/C13H16O4S/c1-3-9-7-10-5-4-6-18(15,16)12(10)8-11(9)13(14)17-2/h7-8H,3-6H2,1-2H3. The van der Waals surface area contributed by atoms with E-state index in [4.69, 9.17) is 4.74 Å². The Bertz CT molecular complexity index is 587. The van der Waals surface area contributed by atoms with Crippen LogP contribution in [0.3, 0.4) is 0 Å². The lowest BCUT2D eigenvalue weighted by molar-refractivity contribution is 0.0599. The number of aryl methyl sites for hydroxylation is 2. The second-order valence-electron chi connectivity index (χ2n) is 4.38. The molecule has 2 rings (SSSR count). The molecule has 0 saturated heterocycles. The average Bonchev–Trinajstić information content (AvgIpc) is 2.36. The minimum absolute atomic E-state index is 0.159. The Labute approximate surface area is 107 Å². The quantitative estimate of drug-likeness (QED) is 0.767. The van der Waals surface area contributed by atoms with Gasteiger partial charge in [-0.1, -0.05) is 13.0 Å². The van der Waals surface area contributed by atoms with Crippen molar-refractivity contribution < 1.29 is 17.9 Å². The first-order chi connectivity index (χ1) is 8.49. The van der Waals surface area contributed by atoms with Crippen molar-refractivity contribution in [2.24, 2.45) is 0 Å². The lowest BCUT2D eigenvalue weighted by Crippen LogP contribution is -2.18. The van der Waals surface area contributed by atoms with Crippen molar-refractivity contribution in [1.82, 2.24) is 0 Å². The molecule has 1 aliphatic rings. The molecular formula is C13H16O4S. The van der Waals surface area contributed by atoms with Crippen molar-refractivity contribution in [2.45, 2.75) is 31.1 Å². The number of hydrogen-bond donors (Lipinski definition) is 0. The third-order valence-corrected chi connectivity index (χ3v) is 5.14. The third-order valence-electron chi connectivity index (χ3n) is 3.27.